The summed E-state index contributed by atoms with van der Waals surface area (Å²) in [6, 6.07) is 9.95. The Labute approximate surface area is 162 Å². The van der Waals surface area contributed by atoms with Crippen molar-refractivity contribution in [3.8, 4) is 22.6 Å². The molecule has 146 valence electrons. The van der Waals surface area contributed by atoms with Crippen LogP contribution in [0.4, 0.5) is 4.39 Å². The quantitative estimate of drug-likeness (QED) is 0.432. The Morgan fingerprint density at radius 3 is 2.44 bits per heavy atom. The van der Waals surface area contributed by atoms with Gasteiger partial charge < -0.3 is 9.47 Å². The van der Waals surface area contributed by atoms with Crippen LogP contribution in [0.2, 0.25) is 0 Å². The lowest BCUT2D eigenvalue weighted by molar-refractivity contribution is 0.289. The number of hydrogen-bond acceptors (Lipinski definition) is 2. The highest BCUT2D eigenvalue weighted by atomic mass is 19.1. The van der Waals surface area contributed by atoms with Gasteiger partial charge in [-0.3, -0.25) is 0 Å². The van der Waals surface area contributed by atoms with Crippen molar-refractivity contribution in [1.82, 2.24) is 0 Å². The standard InChI is InChI=1S/C24H31FO2/c1-3-5-6-7-8-16-27-23-14-13-21-20-12-10-19(26-15-4-2)17-18(20)9-11-22(21)24(23)25/h10,12-14,17H,3-9,11,15-16H2,1-2H3. The molecule has 0 spiro atoms. The van der Waals surface area contributed by atoms with Crippen LogP contribution in [-0.4, -0.2) is 13.2 Å². The van der Waals surface area contributed by atoms with Gasteiger partial charge in [0.1, 0.15) is 5.75 Å². The molecule has 3 heteroatoms. The zero-order valence-electron chi connectivity index (χ0n) is 16.7. The van der Waals surface area contributed by atoms with E-state index in [9.17, 15) is 4.39 Å². The Morgan fingerprint density at radius 2 is 1.63 bits per heavy atom. The van der Waals surface area contributed by atoms with Gasteiger partial charge in [0, 0.05) is 0 Å². The average molecular weight is 371 g/mol. The Kier molecular flexibility index (Phi) is 7.14. The van der Waals surface area contributed by atoms with Crippen LogP contribution >= 0.6 is 0 Å². The van der Waals surface area contributed by atoms with Crippen LogP contribution in [0.5, 0.6) is 11.5 Å². The summed E-state index contributed by atoms with van der Waals surface area (Å²) in [5, 5.41) is 0. The topological polar surface area (TPSA) is 18.5 Å². The van der Waals surface area contributed by atoms with Crippen LogP contribution in [0.1, 0.15) is 63.5 Å². The second kappa shape index (κ2) is 9.77. The molecule has 0 fully saturated rings. The van der Waals surface area contributed by atoms with E-state index in [0.29, 0.717) is 18.8 Å². The van der Waals surface area contributed by atoms with Crippen molar-refractivity contribution >= 4 is 0 Å². The summed E-state index contributed by atoms with van der Waals surface area (Å²) in [5.41, 5.74) is 4.13. The molecule has 0 saturated carbocycles. The molecule has 2 aromatic carbocycles. The molecular formula is C24H31FO2. The van der Waals surface area contributed by atoms with Crippen molar-refractivity contribution in [2.45, 2.75) is 65.2 Å². The Morgan fingerprint density at radius 1 is 0.815 bits per heavy atom. The van der Waals surface area contributed by atoms with E-state index in [1.54, 1.807) is 6.07 Å². The average Bonchev–Trinajstić information content (AvgIpc) is 2.70. The smallest absolute Gasteiger partial charge is 0.168 e. The molecule has 0 bridgehead atoms. The van der Waals surface area contributed by atoms with E-state index in [1.165, 1.54) is 24.8 Å². The third-order valence-electron chi connectivity index (χ3n) is 5.20. The Balaban J connectivity index is 1.69. The molecule has 0 aliphatic heterocycles. The van der Waals surface area contributed by atoms with Crippen LogP contribution in [0, 0.1) is 5.82 Å². The molecule has 1 aliphatic carbocycles. The normalized spacial score (nSPS) is 12.4. The highest BCUT2D eigenvalue weighted by molar-refractivity contribution is 5.75. The van der Waals surface area contributed by atoms with E-state index in [4.69, 9.17) is 9.47 Å². The molecule has 2 aromatic rings. The van der Waals surface area contributed by atoms with Crippen molar-refractivity contribution < 1.29 is 13.9 Å². The van der Waals surface area contributed by atoms with Crippen molar-refractivity contribution in [2.75, 3.05) is 13.2 Å². The van der Waals surface area contributed by atoms with E-state index in [2.05, 4.69) is 26.0 Å². The van der Waals surface area contributed by atoms with Crippen molar-refractivity contribution in [1.29, 1.82) is 0 Å². The number of rotatable bonds is 10. The SMILES string of the molecule is CCCCCCCOc1ccc2c(c1F)CCc1cc(OCCC)ccc1-2. The van der Waals surface area contributed by atoms with Gasteiger partial charge in [0.15, 0.2) is 11.6 Å². The van der Waals surface area contributed by atoms with Crippen molar-refractivity contribution in [2.24, 2.45) is 0 Å². The Bertz CT molecular complexity index is 754. The molecule has 1 aliphatic rings. The molecule has 0 atom stereocenters. The fourth-order valence-electron chi connectivity index (χ4n) is 3.70. The minimum Gasteiger partial charge on any atom is -0.494 e. The fraction of sp³-hybridized carbons (Fsp3) is 0.500. The zero-order valence-corrected chi connectivity index (χ0v) is 16.7. The number of fused-ring (bicyclic) bond motifs is 3. The fourth-order valence-corrected chi connectivity index (χ4v) is 3.70. The molecular weight excluding hydrogens is 339 g/mol. The summed E-state index contributed by atoms with van der Waals surface area (Å²) in [4.78, 5) is 0. The third kappa shape index (κ3) is 4.82. The van der Waals surface area contributed by atoms with Crippen LogP contribution in [0.3, 0.4) is 0 Å². The first-order valence-corrected chi connectivity index (χ1v) is 10.4. The van der Waals surface area contributed by atoms with Gasteiger partial charge in [-0.25, -0.2) is 4.39 Å². The maximum atomic E-state index is 15.0. The summed E-state index contributed by atoms with van der Waals surface area (Å²) >= 11 is 0. The lowest BCUT2D eigenvalue weighted by Crippen LogP contribution is -2.09. The zero-order chi connectivity index (χ0) is 19.1. The lowest BCUT2D eigenvalue weighted by Gasteiger charge is -2.22. The Hall–Kier alpha value is -2.03. The van der Waals surface area contributed by atoms with Crippen LogP contribution in [0.15, 0.2) is 30.3 Å². The van der Waals surface area contributed by atoms with Gasteiger partial charge in [0.25, 0.3) is 0 Å². The molecule has 0 saturated heterocycles. The number of benzene rings is 2. The molecule has 27 heavy (non-hydrogen) atoms. The van der Waals surface area contributed by atoms with Crippen LogP contribution in [0.25, 0.3) is 11.1 Å². The summed E-state index contributed by atoms with van der Waals surface area (Å²) in [5.74, 6) is 1.12. The molecule has 2 nitrogen and oxygen atoms in total. The maximum Gasteiger partial charge on any atom is 0.168 e. The predicted octanol–water partition coefficient (Wildman–Crippen LogP) is 6.73. The summed E-state index contributed by atoms with van der Waals surface area (Å²) in [6.45, 7) is 5.62. The second-order valence-corrected chi connectivity index (χ2v) is 7.33. The predicted molar refractivity (Wildman–Crippen MR) is 109 cm³/mol. The summed E-state index contributed by atoms with van der Waals surface area (Å²) < 4.78 is 26.5. The first-order valence-electron chi connectivity index (χ1n) is 10.4. The van der Waals surface area contributed by atoms with Crippen LogP contribution in [-0.2, 0) is 12.8 Å². The van der Waals surface area contributed by atoms with Gasteiger partial charge in [0.2, 0.25) is 0 Å². The number of halogens is 1. The summed E-state index contributed by atoms with van der Waals surface area (Å²) in [7, 11) is 0. The van der Waals surface area contributed by atoms with Gasteiger partial charge >= 0.3 is 0 Å². The van der Waals surface area contributed by atoms with Gasteiger partial charge in [-0.2, -0.15) is 0 Å². The van der Waals surface area contributed by atoms with Crippen LogP contribution < -0.4 is 9.47 Å². The van der Waals surface area contributed by atoms with Gasteiger partial charge in [-0.1, -0.05) is 51.7 Å². The number of ether oxygens (including phenoxy) is 2. The van der Waals surface area contributed by atoms with E-state index in [-0.39, 0.29) is 5.82 Å². The number of unbranched alkanes of at least 4 members (excludes halogenated alkanes) is 4. The van der Waals surface area contributed by atoms with E-state index >= 15 is 0 Å². The third-order valence-corrected chi connectivity index (χ3v) is 5.20. The van der Waals surface area contributed by atoms with E-state index in [1.807, 2.05) is 12.1 Å². The largest absolute Gasteiger partial charge is 0.494 e. The molecule has 0 amide bonds. The lowest BCUT2D eigenvalue weighted by atomic mass is 9.85. The van der Waals surface area contributed by atoms with Gasteiger partial charge in [-0.15, -0.1) is 0 Å². The number of aryl methyl sites for hydroxylation is 1. The number of hydrogen-bond donors (Lipinski definition) is 0. The van der Waals surface area contributed by atoms with E-state index in [0.717, 1.165) is 54.7 Å². The molecule has 0 aromatic heterocycles. The highest BCUT2D eigenvalue weighted by Crippen LogP contribution is 2.39. The van der Waals surface area contributed by atoms with Crippen molar-refractivity contribution in [3.63, 3.8) is 0 Å². The van der Waals surface area contributed by atoms with Gasteiger partial charge in [-0.05, 0) is 66.1 Å². The molecule has 0 heterocycles. The molecule has 0 N–H and O–H groups in total. The minimum absolute atomic E-state index is 0.182. The second-order valence-electron chi connectivity index (χ2n) is 7.33. The summed E-state index contributed by atoms with van der Waals surface area (Å²) in [6.07, 6.45) is 8.39. The molecule has 0 radical (unpaired) electrons. The highest BCUT2D eigenvalue weighted by Gasteiger charge is 2.22. The van der Waals surface area contributed by atoms with Gasteiger partial charge in [0.05, 0.1) is 13.2 Å². The first kappa shape index (κ1) is 19.7. The minimum atomic E-state index is -0.182. The maximum absolute atomic E-state index is 15.0. The molecule has 0 unspecified atom stereocenters. The monoisotopic (exact) mass is 370 g/mol. The van der Waals surface area contributed by atoms with E-state index < -0.39 is 0 Å². The first-order chi connectivity index (χ1) is 13.2. The molecule has 3 rings (SSSR count). The van der Waals surface area contributed by atoms with Crippen molar-refractivity contribution in [3.05, 3.63) is 47.3 Å².